The molecule has 0 aliphatic heterocycles. The third-order valence-corrected chi connectivity index (χ3v) is 2.91. The molecule has 0 bridgehead atoms. The standard InChI is InChI=1S/C16H22N2O3/c1-18(2)12-4-3-11-17-16(21)14-8-5-13(6-9-14)7-10-15(19)20/h5-10H,3-4,11-12H2,1-2H3,(H,17,21)(H,19,20). The summed E-state index contributed by atoms with van der Waals surface area (Å²) in [4.78, 5) is 24.4. The zero-order chi connectivity index (χ0) is 15.7. The number of nitrogens with zero attached hydrogens (tertiary/aromatic N) is 1. The van der Waals surface area contributed by atoms with Gasteiger partial charge in [0.05, 0.1) is 0 Å². The first-order valence-corrected chi connectivity index (χ1v) is 6.93. The van der Waals surface area contributed by atoms with E-state index in [1.807, 2.05) is 14.1 Å². The van der Waals surface area contributed by atoms with Gasteiger partial charge in [0.1, 0.15) is 0 Å². The van der Waals surface area contributed by atoms with Gasteiger partial charge in [-0.3, -0.25) is 4.79 Å². The average Bonchev–Trinajstić information content (AvgIpc) is 2.44. The number of carbonyl (C=O) groups is 2. The molecule has 0 saturated carbocycles. The first kappa shape index (κ1) is 16.9. The highest BCUT2D eigenvalue weighted by molar-refractivity contribution is 5.94. The van der Waals surface area contributed by atoms with Gasteiger partial charge in [-0.1, -0.05) is 12.1 Å². The van der Waals surface area contributed by atoms with Crippen molar-refractivity contribution in [3.05, 3.63) is 41.5 Å². The summed E-state index contributed by atoms with van der Waals surface area (Å²) in [5, 5.41) is 11.4. The van der Waals surface area contributed by atoms with E-state index in [4.69, 9.17) is 5.11 Å². The van der Waals surface area contributed by atoms with E-state index in [1.54, 1.807) is 24.3 Å². The summed E-state index contributed by atoms with van der Waals surface area (Å²) in [6.07, 6.45) is 4.56. The normalized spacial score (nSPS) is 11.0. The van der Waals surface area contributed by atoms with Gasteiger partial charge < -0.3 is 15.3 Å². The summed E-state index contributed by atoms with van der Waals surface area (Å²) >= 11 is 0. The molecule has 1 amide bonds. The summed E-state index contributed by atoms with van der Waals surface area (Å²) in [7, 11) is 4.05. The third kappa shape index (κ3) is 7.27. The Bertz CT molecular complexity index is 493. The Balaban J connectivity index is 2.39. The van der Waals surface area contributed by atoms with Gasteiger partial charge in [0.2, 0.25) is 0 Å². The highest BCUT2D eigenvalue weighted by atomic mass is 16.4. The second-order valence-electron chi connectivity index (χ2n) is 5.06. The van der Waals surface area contributed by atoms with Gasteiger partial charge in [-0.25, -0.2) is 4.79 Å². The molecule has 2 N–H and O–H groups in total. The molecule has 5 nitrogen and oxygen atoms in total. The number of hydrogen-bond donors (Lipinski definition) is 2. The quantitative estimate of drug-likeness (QED) is 0.566. The number of amides is 1. The largest absolute Gasteiger partial charge is 0.478 e. The van der Waals surface area contributed by atoms with Crippen LogP contribution in [0.2, 0.25) is 0 Å². The Labute approximate surface area is 125 Å². The fourth-order valence-corrected chi connectivity index (χ4v) is 1.77. The Hall–Kier alpha value is -2.14. The fourth-order valence-electron chi connectivity index (χ4n) is 1.77. The van der Waals surface area contributed by atoms with Crippen molar-refractivity contribution in [3.63, 3.8) is 0 Å². The topological polar surface area (TPSA) is 69.6 Å². The predicted molar refractivity (Wildman–Crippen MR) is 83.2 cm³/mol. The number of unbranched alkanes of at least 4 members (excludes halogenated alkanes) is 1. The molecule has 1 rings (SSSR count). The van der Waals surface area contributed by atoms with Crippen LogP contribution < -0.4 is 5.32 Å². The van der Waals surface area contributed by atoms with E-state index in [0.29, 0.717) is 12.1 Å². The number of carboxylic acids is 1. The van der Waals surface area contributed by atoms with Crippen LogP contribution in [-0.4, -0.2) is 49.1 Å². The zero-order valence-electron chi connectivity index (χ0n) is 12.5. The summed E-state index contributed by atoms with van der Waals surface area (Å²) in [5.41, 5.74) is 1.33. The second kappa shape index (κ2) is 8.92. The summed E-state index contributed by atoms with van der Waals surface area (Å²) in [6.45, 7) is 1.67. The average molecular weight is 290 g/mol. The summed E-state index contributed by atoms with van der Waals surface area (Å²) < 4.78 is 0. The molecule has 0 atom stereocenters. The number of aliphatic carboxylic acids is 1. The highest BCUT2D eigenvalue weighted by Gasteiger charge is 2.04. The molecule has 114 valence electrons. The van der Waals surface area contributed by atoms with Crippen LogP contribution >= 0.6 is 0 Å². The lowest BCUT2D eigenvalue weighted by atomic mass is 10.1. The van der Waals surface area contributed by atoms with Gasteiger partial charge in [-0.05, 0) is 57.3 Å². The SMILES string of the molecule is CN(C)CCCCNC(=O)c1ccc(C=CC(=O)O)cc1. The Kier molecular flexibility index (Phi) is 7.18. The molecule has 0 aliphatic rings. The highest BCUT2D eigenvalue weighted by Crippen LogP contribution is 2.06. The van der Waals surface area contributed by atoms with E-state index in [1.165, 1.54) is 6.08 Å². The van der Waals surface area contributed by atoms with Gasteiger partial charge in [0.15, 0.2) is 0 Å². The van der Waals surface area contributed by atoms with E-state index in [0.717, 1.165) is 31.0 Å². The van der Waals surface area contributed by atoms with E-state index in [-0.39, 0.29) is 5.91 Å². The Morgan fingerprint density at radius 3 is 2.43 bits per heavy atom. The van der Waals surface area contributed by atoms with Crippen LogP contribution in [0.25, 0.3) is 6.08 Å². The maximum absolute atomic E-state index is 11.9. The van der Waals surface area contributed by atoms with Crippen LogP contribution in [-0.2, 0) is 4.79 Å². The van der Waals surface area contributed by atoms with Crippen LogP contribution in [0.5, 0.6) is 0 Å². The van der Waals surface area contributed by atoms with Crippen LogP contribution in [0.3, 0.4) is 0 Å². The molecule has 0 fully saturated rings. The number of benzene rings is 1. The van der Waals surface area contributed by atoms with Crippen molar-refractivity contribution >= 4 is 18.0 Å². The van der Waals surface area contributed by atoms with Crippen LogP contribution in [0.15, 0.2) is 30.3 Å². The Morgan fingerprint density at radius 2 is 1.86 bits per heavy atom. The summed E-state index contributed by atoms with van der Waals surface area (Å²) in [5.74, 6) is -1.09. The molecule has 0 radical (unpaired) electrons. The van der Waals surface area contributed by atoms with Crippen molar-refractivity contribution in [3.8, 4) is 0 Å². The molecule has 1 aromatic rings. The number of carbonyl (C=O) groups excluding carboxylic acids is 1. The van der Waals surface area contributed by atoms with Gasteiger partial charge >= 0.3 is 5.97 Å². The molecule has 0 unspecified atom stereocenters. The monoisotopic (exact) mass is 290 g/mol. The molecular weight excluding hydrogens is 268 g/mol. The van der Waals surface area contributed by atoms with Gasteiger partial charge in [0, 0.05) is 18.2 Å². The van der Waals surface area contributed by atoms with Crippen LogP contribution in [0.1, 0.15) is 28.8 Å². The lowest BCUT2D eigenvalue weighted by Gasteiger charge is -2.09. The van der Waals surface area contributed by atoms with Gasteiger partial charge in [-0.15, -0.1) is 0 Å². The molecule has 5 heteroatoms. The predicted octanol–water partition coefficient (Wildman–Crippen LogP) is 1.86. The van der Waals surface area contributed by atoms with Crippen molar-refractivity contribution in [2.75, 3.05) is 27.2 Å². The number of rotatable bonds is 8. The smallest absolute Gasteiger partial charge is 0.328 e. The minimum absolute atomic E-state index is 0.103. The third-order valence-electron chi connectivity index (χ3n) is 2.91. The van der Waals surface area contributed by atoms with Crippen LogP contribution in [0.4, 0.5) is 0 Å². The van der Waals surface area contributed by atoms with Gasteiger partial charge in [0.25, 0.3) is 5.91 Å². The molecule has 21 heavy (non-hydrogen) atoms. The Morgan fingerprint density at radius 1 is 1.19 bits per heavy atom. The van der Waals surface area contributed by atoms with E-state index >= 15 is 0 Å². The maximum Gasteiger partial charge on any atom is 0.328 e. The molecule has 0 spiro atoms. The minimum atomic E-state index is -0.991. The lowest BCUT2D eigenvalue weighted by molar-refractivity contribution is -0.131. The zero-order valence-corrected chi connectivity index (χ0v) is 12.5. The van der Waals surface area contributed by atoms with E-state index in [2.05, 4.69) is 10.2 Å². The maximum atomic E-state index is 11.9. The number of hydrogen-bond acceptors (Lipinski definition) is 3. The fraction of sp³-hybridized carbons (Fsp3) is 0.375. The van der Waals surface area contributed by atoms with E-state index in [9.17, 15) is 9.59 Å². The number of nitrogens with one attached hydrogen (secondary N) is 1. The van der Waals surface area contributed by atoms with Crippen molar-refractivity contribution < 1.29 is 14.7 Å². The van der Waals surface area contributed by atoms with Crippen molar-refractivity contribution in [2.24, 2.45) is 0 Å². The first-order valence-electron chi connectivity index (χ1n) is 6.93. The van der Waals surface area contributed by atoms with Crippen molar-refractivity contribution in [2.45, 2.75) is 12.8 Å². The van der Waals surface area contributed by atoms with Crippen molar-refractivity contribution in [1.82, 2.24) is 10.2 Å². The molecule has 1 aromatic carbocycles. The lowest BCUT2D eigenvalue weighted by Crippen LogP contribution is -2.25. The van der Waals surface area contributed by atoms with Gasteiger partial charge in [-0.2, -0.15) is 0 Å². The molecule has 0 aromatic heterocycles. The molecular formula is C16H22N2O3. The molecule has 0 heterocycles. The first-order chi connectivity index (χ1) is 9.99. The minimum Gasteiger partial charge on any atom is -0.478 e. The van der Waals surface area contributed by atoms with E-state index < -0.39 is 5.97 Å². The second-order valence-corrected chi connectivity index (χ2v) is 5.06. The number of carboxylic acid groups (broad SMARTS) is 1. The molecule has 0 aliphatic carbocycles. The van der Waals surface area contributed by atoms with Crippen molar-refractivity contribution in [1.29, 1.82) is 0 Å². The van der Waals surface area contributed by atoms with Crippen LogP contribution in [0, 0.1) is 0 Å². The molecule has 0 saturated heterocycles. The summed E-state index contributed by atoms with van der Waals surface area (Å²) in [6, 6.07) is 6.83.